The number of hydrogen-bond donors (Lipinski definition) is 1. The number of unbranched alkanes of at least 4 members (excludes halogenated alkanes) is 3. The number of hydrogen-bond acceptors (Lipinski definition) is 6. The van der Waals surface area contributed by atoms with Crippen LogP contribution in [0.5, 0.6) is 0 Å². The maximum absolute atomic E-state index is 12.0. The topological polar surface area (TPSA) is 107 Å². The van der Waals surface area contributed by atoms with Crippen molar-refractivity contribution in [2.45, 2.75) is 46.0 Å². The molecule has 0 spiro atoms. The summed E-state index contributed by atoms with van der Waals surface area (Å²) >= 11 is 0. The van der Waals surface area contributed by atoms with Gasteiger partial charge in [0.15, 0.2) is 0 Å². The third kappa shape index (κ3) is 12.8. The smallest absolute Gasteiger partial charge is 0.330 e. The van der Waals surface area contributed by atoms with E-state index in [9.17, 15) is 18.0 Å². The average molecular weight is 350 g/mol. The summed E-state index contributed by atoms with van der Waals surface area (Å²) in [6, 6.07) is 0. The largest absolute Gasteiger partial charge is 0.464 e. The number of ether oxygens (including phenoxy) is 2. The first-order chi connectivity index (χ1) is 10.8. The van der Waals surface area contributed by atoms with E-state index in [0.29, 0.717) is 6.42 Å². The van der Waals surface area contributed by atoms with Crippen LogP contribution in [0.4, 0.5) is 0 Å². The van der Waals surface area contributed by atoms with Gasteiger partial charge in [-0.3, -0.25) is 9.35 Å². The first kappa shape index (κ1) is 21.6. The molecule has 23 heavy (non-hydrogen) atoms. The summed E-state index contributed by atoms with van der Waals surface area (Å²) < 4.78 is 39.6. The Labute approximate surface area is 137 Å². The van der Waals surface area contributed by atoms with E-state index in [2.05, 4.69) is 6.92 Å². The van der Waals surface area contributed by atoms with Crippen molar-refractivity contribution in [3.63, 3.8) is 0 Å². The molecule has 0 bridgehead atoms. The lowest BCUT2D eigenvalue weighted by Gasteiger charge is -2.15. The van der Waals surface area contributed by atoms with Crippen LogP contribution >= 0.6 is 0 Å². The Balaban J connectivity index is 4.43. The quantitative estimate of drug-likeness (QED) is 0.249. The average Bonchev–Trinajstić information content (AvgIpc) is 2.45. The Morgan fingerprint density at radius 1 is 1.17 bits per heavy atom. The fraction of sp³-hybridized carbons (Fsp3) is 0.733. The van der Waals surface area contributed by atoms with E-state index >= 15 is 0 Å². The van der Waals surface area contributed by atoms with Gasteiger partial charge in [-0.05, 0) is 13.3 Å². The van der Waals surface area contributed by atoms with E-state index in [1.54, 1.807) is 6.92 Å². The van der Waals surface area contributed by atoms with E-state index in [0.717, 1.165) is 25.7 Å². The highest BCUT2D eigenvalue weighted by molar-refractivity contribution is 7.85. The first-order valence-corrected chi connectivity index (χ1v) is 9.32. The molecule has 1 unspecified atom stereocenters. The minimum Gasteiger partial charge on any atom is -0.464 e. The molecule has 0 amide bonds. The SMILES string of the molecule is CC=CC(=O)OCC(CCCCCC)C(=O)OCCS(=O)(=O)O. The van der Waals surface area contributed by atoms with Crippen molar-refractivity contribution in [2.24, 2.45) is 5.92 Å². The molecule has 0 aromatic carbocycles. The van der Waals surface area contributed by atoms with Crippen molar-refractivity contribution < 1.29 is 32.0 Å². The van der Waals surface area contributed by atoms with Crippen LogP contribution in [0.1, 0.15) is 46.0 Å². The van der Waals surface area contributed by atoms with Crippen LogP contribution in [0.2, 0.25) is 0 Å². The summed E-state index contributed by atoms with van der Waals surface area (Å²) in [6.45, 7) is 3.21. The Kier molecular flexibility index (Phi) is 11.3. The lowest BCUT2D eigenvalue weighted by molar-refractivity contribution is -0.153. The molecule has 134 valence electrons. The van der Waals surface area contributed by atoms with Crippen molar-refractivity contribution in [3.05, 3.63) is 12.2 Å². The second kappa shape index (κ2) is 12.1. The fourth-order valence-electron chi connectivity index (χ4n) is 1.82. The van der Waals surface area contributed by atoms with Gasteiger partial charge < -0.3 is 9.47 Å². The van der Waals surface area contributed by atoms with Crippen LogP contribution in [0.3, 0.4) is 0 Å². The Morgan fingerprint density at radius 2 is 1.87 bits per heavy atom. The number of carbonyl (C=O) groups is 2. The van der Waals surface area contributed by atoms with Crippen LogP contribution in [0.25, 0.3) is 0 Å². The summed E-state index contributed by atoms with van der Waals surface area (Å²) in [5.74, 6) is -2.46. The molecule has 0 aliphatic heterocycles. The molecule has 0 saturated carbocycles. The number of allylic oxidation sites excluding steroid dienone is 1. The second-order valence-electron chi connectivity index (χ2n) is 5.13. The molecule has 0 aromatic heterocycles. The maximum atomic E-state index is 12.0. The molecule has 7 nitrogen and oxygen atoms in total. The van der Waals surface area contributed by atoms with E-state index in [1.807, 2.05) is 0 Å². The van der Waals surface area contributed by atoms with Gasteiger partial charge in [-0.15, -0.1) is 0 Å². The molecule has 0 saturated heterocycles. The second-order valence-corrected chi connectivity index (χ2v) is 6.70. The molecule has 1 atom stereocenters. The molecule has 8 heteroatoms. The van der Waals surface area contributed by atoms with Crippen molar-refractivity contribution >= 4 is 22.1 Å². The molecule has 0 rings (SSSR count). The first-order valence-electron chi connectivity index (χ1n) is 7.71. The Hall–Kier alpha value is -1.41. The highest BCUT2D eigenvalue weighted by Crippen LogP contribution is 2.14. The molecule has 0 aromatic rings. The lowest BCUT2D eigenvalue weighted by Crippen LogP contribution is -2.26. The minimum absolute atomic E-state index is 0.111. The highest BCUT2D eigenvalue weighted by atomic mass is 32.2. The molecule has 1 N–H and O–H groups in total. The highest BCUT2D eigenvalue weighted by Gasteiger charge is 2.22. The van der Waals surface area contributed by atoms with E-state index in [4.69, 9.17) is 14.0 Å². The van der Waals surface area contributed by atoms with Gasteiger partial charge in [0.1, 0.15) is 19.0 Å². The van der Waals surface area contributed by atoms with Gasteiger partial charge in [-0.1, -0.05) is 38.7 Å². The van der Waals surface area contributed by atoms with Gasteiger partial charge in [-0.25, -0.2) is 4.79 Å². The molecular formula is C15H26O7S. The van der Waals surface area contributed by atoms with E-state index < -0.39 is 40.3 Å². The summed E-state index contributed by atoms with van der Waals surface area (Å²) in [5.41, 5.74) is 0. The van der Waals surface area contributed by atoms with Crippen LogP contribution < -0.4 is 0 Å². The lowest BCUT2D eigenvalue weighted by atomic mass is 10.0. The van der Waals surface area contributed by atoms with Crippen LogP contribution in [-0.2, 0) is 29.2 Å². The normalized spacial score (nSPS) is 13.0. The van der Waals surface area contributed by atoms with Gasteiger partial charge >= 0.3 is 11.9 Å². The maximum Gasteiger partial charge on any atom is 0.330 e. The fourth-order valence-corrected chi connectivity index (χ4v) is 2.11. The van der Waals surface area contributed by atoms with E-state index in [1.165, 1.54) is 12.2 Å². The molecule has 0 fully saturated rings. The Morgan fingerprint density at radius 3 is 2.43 bits per heavy atom. The summed E-state index contributed by atoms with van der Waals surface area (Å²) in [4.78, 5) is 23.3. The van der Waals surface area contributed by atoms with Crippen molar-refractivity contribution in [3.8, 4) is 0 Å². The van der Waals surface area contributed by atoms with Crippen LogP contribution in [-0.4, -0.2) is 43.9 Å². The zero-order chi connectivity index (χ0) is 17.7. The predicted octanol–water partition coefficient (Wildman–Crippen LogP) is 2.12. The van der Waals surface area contributed by atoms with Crippen LogP contribution in [0, 0.1) is 5.92 Å². The zero-order valence-corrected chi connectivity index (χ0v) is 14.5. The van der Waals surface area contributed by atoms with Crippen molar-refractivity contribution in [1.29, 1.82) is 0 Å². The zero-order valence-electron chi connectivity index (χ0n) is 13.7. The standard InChI is InChI=1S/C15H26O7S/c1-3-5-6-7-9-13(12-22-14(16)8-4-2)15(17)21-10-11-23(18,19)20/h4,8,13H,3,5-7,9-12H2,1-2H3,(H,18,19,20). The Bertz CT molecular complexity index is 482. The van der Waals surface area contributed by atoms with Gasteiger partial charge in [0, 0.05) is 6.08 Å². The minimum atomic E-state index is -4.17. The van der Waals surface area contributed by atoms with Crippen LogP contribution in [0.15, 0.2) is 12.2 Å². The molecule has 0 heterocycles. The van der Waals surface area contributed by atoms with Gasteiger partial charge in [0.2, 0.25) is 0 Å². The third-order valence-electron chi connectivity index (χ3n) is 3.05. The number of rotatable bonds is 12. The van der Waals surface area contributed by atoms with Gasteiger partial charge in [0.05, 0.1) is 5.92 Å². The van der Waals surface area contributed by atoms with Crippen molar-refractivity contribution in [1.82, 2.24) is 0 Å². The molecule has 0 aliphatic rings. The molecule has 0 radical (unpaired) electrons. The summed E-state index contributed by atoms with van der Waals surface area (Å²) in [5, 5.41) is 0. The monoisotopic (exact) mass is 350 g/mol. The summed E-state index contributed by atoms with van der Waals surface area (Å²) in [6.07, 6.45) is 7.11. The number of esters is 2. The third-order valence-corrected chi connectivity index (χ3v) is 3.74. The van der Waals surface area contributed by atoms with Crippen molar-refractivity contribution in [2.75, 3.05) is 19.0 Å². The van der Waals surface area contributed by atoms with Gasteiger partial charge in [0.25, 0.3) is 10.1 Å². The van der Waals surface area contributed by atoms with E-state index in [-0.39, 0.29) is 6.61 Å². The molecule has 0 aliphatic carbocycles. The van der Waals surface area contributed by atoms with Gasteiger partial charge in [-0.2, -0.15) is 8.42 Å². The number of carbonyl (C=O) groups excluding carboxylic acids is 2. The molecular weight excluding hydrogens is 324 g/mol. The predicted molar refractivity (Wildman–Crippen MR) is 85.4 cm³/mol. The summed E-state index contributed by atoms with van der Waals surface area (Å²) in [7, 11) is -4.17.